The second-order valence-corrected chi connectivity index (χ2v) is 2.62. The van der Waals surface area contributed by atoms with Crippen molar-refractivity contribution < 1.29 is 8.78 Å². The van der Waals surface area contributed by atoms with Gasteiger partial charge in [0.15, 0.2) is 0 Å². The molecule has 0 aliphatic heterocycles. The van der Waals surface area contributed by atoms with Crippen LogP contribution >= 0.6 is 23.2 Å². The minimum atomic E-state index is -2.61. The van der Waals surface area contributed by atoms with Gasteiger partial charge in [-0.25, -0.2) is 13.8 Å². The number of nitrogens with zero attached hydrogens (tertiary/aromatic N) is 1. The summed E-state index contributed by atoms with van der Waals surface area (Å²) in [5, 5.41) is -0.0471. The first-order valence-corrected chi connectivity index (χ1v) is 3.46. The highest BCUT2D eigenvalue weighted by atomic mass is 35.5. The third-order valence-electron chi connectivity index (χ3n) is 1.09. The van der Waals surface area contributed by atoms with Gasteiger partial charge in [0.05, 0.1) is 5.02 Å². The van der Waals surface area contributed by atoms with Crippen molar-refractivity contribution in [2.75, 3.05) is 0 Å². The molecule has 0 bridgehead atoms. The predicted molar refractivity (Wildman–Crippen MR) is 39.2 cm³/mol. The van der Waals surface area contributed by atoms with E-state index in [2.05, 4.69) is 4.98 Å². The zero-order chi connectivity index (χ0) is 8.43. The van der Waals surface area contributed by atoms with E-state index >= 15 is 0 Å². The first-order valence-electron chi connectivity index (χ1n) is 2.70. The molecule has 1 aromatic heterocycles. The van der Waals surface area contributed by atoms with Crippen molar-refractivity contribution in [2.24, 2.45) is 0 Å². The number of halogens is 4. The van der Waals surface area contributed by atoms with Crippen molar-refractivity contribution in [3.63, 3.8) is 0 Å². The molecule has 60 valence electrons. The van der Waals surface area contributed by atoms with Crippen LogP contribution in [0.3, 0.4) is 0 Å². The standard InChI is InChI=1S/C6H3Cl2F2N/c7-4-2-11-5(8)1-3(4)6(9)10/h1-2,6H. The van der Waals surface area contributed by atoms with Gasteiger partial charge >= 0.3 is 0 Å². The van der Waals surface area contributed by atoms with E-state index in [4.69, 9.17) is 23.2 Å². The molecule has 1 rings (SSSR count). The highest BCUT2D eigenvalue weighted by Crippen LogP contribution is 2.27. The summed E-state index contributed by atoms with van der Waals surface area (Å²) in [6.07, 6.45) is -1.51. The fourth-order valence-corrected chi connectivity index (χ4v) is 0.947. The molecule has 0 saturated heterocycles. The highest BCUT2D eigenvalue weighted by molar-refractivity contribution is 6.32. The van der Waals surface area contributed by atoms with Gasteiger partial charge in [-0.15, -0.1) is 0 Å². The van der Waals surface area contributed by atoms with E-state index in [1.165, 1.54) is 0 Å². The quantitative estimate of drug-likeness (QED) is 0.630. The van der Waals surface area contributed by atoms with Gasteiger partial charge in [0.1, 0.15) is 5.15 Å². The molecule has 11 heavy (non-hydrogen) atoms. The molecule has 1 aromatic rings. The number of hydrogen-bond acceptors (Lipinski definition) is 1. The average molecular weight is 198 g/mol. The maximum atomic E-state index is 12.0. The van der Waals surface area contributed by atoms with Crippen molar-refractivity contribution in [1.82, 2.24) is 4.98 Å². The number of alkyl halides is 2. The van der Waals surface area contributed by atoms with Crippen LogP contribution in [0.1, 0.15) is 12.0 Å². The van der Waals surface area contributed by atoms with Crippen LogP contribution < -0.4 is 0 Å². The van der Waals surface area contributed by atoms with Crippen molar-refractivity contribution in [3.05, 3.63) is 28.0 Å². The van der Waals surface area contributed by atoms with E-state index in [-0.39, 0.29) is 15.7 Å². The van der Waals surface area contributed by atoms with Crippen molar-refractivity contribution in [2.45, 2.75) is 6.43 Å². The third-order valence-corrected chi connectivity index (χ3v) is 1.61. The maximum absolute atomic E-state index is 12.0. The Labute approximate surface area is 72.0 Å². The minimum Gasteiger partial charge on any atom is -0.243 e. The summed E-state index contributed by atoms with van der Waals surface area (Å²) < 4.78 is 24.1. The molecule has 0 N–H and O–H groups in total. The lowest BCUT2D eigenvalue weighted by Crippen LogP contribution is -1.87. The zero-order valence-electron chi connectivity index (χ0n) is 5.19. The van der Waals surface area contributed by atoms with Crippen LogP contribution in [0.15, 0.2) is 12.3 Å². The summed E-state index contributed by atoms with van der Waals surface area (Å²) in [5.41, 5.74) is -0.285. The molecular weight excluding hydrogens is 195 g/mol. The first-order chi connectivity index (χ1) is 5.11. The smallest absolute Gasteiger partial charge is 0.243 e. The minimum absolute atomic E-state index is 0.0182. The lowest BCUT2D eigenvalue weighted by atomic mass is 10.3. The van der Waals surface area contributed by atoms with Crippen LogP contribution in [0.2, 0.25) is 10.2 Å². The normalized spacial score (nSPS) is 10.6. The zero-order valence-corrected chi connectivity index (χ0v) is 6.70. The van der Waals surface area contributed by atoms with Crippen LogP contribution in [0.25, 0.3) is 0 Å². The van der Waals surface area contributed by atoms with Crippen LogP contribution in [0.4, 0.5) is 8.78 Å². The predicted octanol–water partition coefficient (Wildman–Crippen LogP) is 3.33. The lowest BCUT2D eigenvalue weighted by Gasteiger charge is -2.00. The van der Waals surface area contributed by atoms with Crippen LogP contribution in [0, 0.1) is 0 Å². The van der Waals surface area contributed by atoms with E-state index in [9.17, 15) is 8.78 Å². The summed E-state index contributed by atoms with van der Waals surface area (Å²) in [5.74, 6) is 0. The maximum Gasteiger partial charge on any atom is 0.265 e. The SMILES string of the molecule is FC(F)c1cc(Cl)ncc1Cl. The Morgan fingerprint density at radius 2 is 2.00 bits per heavy atom. The van der Waals surface area contributed by atoms with E-state index in [0.29, 0.717) is 0 Å². The largest absolute Gasteiger partial charge is 0.265 e. The topological polar surface area (TPSA) is 12.9 Å². The molecule has 0 spiro atoms. The summed E-state index contributed by atoms with van der Waals surface area (Å²) >= 11 is 10.7. The third kappa shape index (κ3) is 2.01. The second-order valence-electron chi connectivity index (χ2n) is 1.83. The van der Waals surface area contributed by atoms with E-state index in [0.717, 1.165) is 12.3 Å². The van der Waals surface area contributed by atoms with Crippen LogP contribution in [0.5, 0.6) is 0 Å². The molecule has 1 nitrogen and oxygen atoms in total. The Morgan fingerprint density at radius 1 is 1.36 bits per heavy atom. The summed E-state index contributed by atoms with van der Waals surface area (Å²) in [6.45, 7) is 0. The molecule has 0 aromatic carbocycles. The lowest BCUT2D eigenvalue weighted by molar-refractivity contribution is 0.151. The second kappa shape index (κ2) is 3.32. The highest BCUT2D eigenvalue weighted by Gasteiger charge is 2.12. The molecule has 0 aliphatic rings. The fourth-order valence-electron chi connectivity index (χ4n) is 0.595. The van der Waals surface area contributed by atoms with Crippen molar-refractivity contribution >= 4 is 23.2 Å². The van der Waals surface area contributed by atoms with Gasteiger partial charge in [-0.2, -0.15) is 0 Å². The van der Waals surface area contributed by atoms with E-state index in [1.807, 2.05) is 0 Å². The average Bonchev–Trinajstić information content (AvgIpc) is 1.94. The summed E-state index contributed by atoms with van der Waals surface area (Å²) in [4.78, 5) is 3.52. The van der Waals surface area contributed by atoms with E-state index < -0.39 is 6.43 Å². The molecule has 5 heteroatoms. The molecule has 0 radical (unpaired) electrons. The van der Waals surface area contributed by atoms with Gasteiger partial charge in [0.2, 0.25) is 0 Å². The van der Waals surface area contributed by atoms with Gasteiger partial charge in [-0.3, -0.25) is 0 Å². The van der Waals surface area contributed by atoms with Crippen LogP contribution in [-0.2, 0) is 0 Å². The van der Waals surface area contributed by atoms with E-state index in [1.54, 1.807) is 0 Å². The van der Waals surface area contributed by atoms with Gasteiger partial charge in [0.25, 0.3) is 6.43 Å². The van der Waals surface area contributed by atoms with Gasteiger partial charge in [-0.05, 0) is 6.07 Å². The summed E-state index contributed by atoms with van der Waals surface area (Å²) in [7, 11) is 0. The first kappa shape index (κ1) is 8.68. The van der Waals surface area contributed by atoms with Gasteiger partial charge in [0, 0.05) is 11.8 Å². The number of pyridine rings is 1. The molecule has 0 atom stereocenters. The van der Waals surface area contributed by atoms with Crippen molar-refractivity contribution in [3.8, 4) is 0 Å². The Morgan fingerprint density at radius 3 is 2.45 bits per heavy atom. The monoisotopic (exact) mass is 197 g/mol. The molecule has 0 aliphatic carbocycles. The van der Waals surface area contributed by atoms with Gasteiger partial charge in [-0.1, -0.05) is 23.2 Å². The summed E-state index contributed by atoms with van der Waals surface area (Å²) in [6, 6.07) is 1.05. The fraction of sp³-hybridized carbons (Fsp3) is 0.167. The Balaban J connectivity index is 3.13. The molecule has 1 heterocycles. The molecule has 0 unspecified atom stereocenters. The number of rotatable bonds is 1. The van der Waals surface area contributed by atoms with Crippen molar-refractivity contribution in [1.29, 1.82) is 0 Å². The van der Waals surface area contributed by atoms with Crippen LogP contribution in [-0.4, -0.2) is 4.98 Å². The Bertz CT molecular complexity index is 265. The molecule has 0 fully saturated rings. The Kier molecular flexibility index (Phi) is 2.62. The molecule has 0 saturated carbocycles. The Hall–Kier alpha value is -0.410. The number of hydrogen-bond donors (Lipinski definition) is 0. The molecular formula is C6H3Cl2F2N. The number of aromatic nitrogens is 1. The molecule has 0 amide bonds. The van der Waals surface area contributed by atoms with Gasteiger partial charge < -0.3 is 0 Å².